The summed E-state index contributed by atoms with van der Waals surface area (Å²) in [5.41, 5.74) is 0.0521. The van der Waals surface area contributed by atoms with Crippen LogP contribution in [0.4, 0.5) is 0 Å². The first kappa shape index (κ1) is 15.6. The molecule has 1 saturated heterocycles. The van der Waals surface area contributed by atoms with Crippen molar-refractivity contribution in [1.82, 2.24) is 0 Å². The van der Waals surface area contributed by atoms with Gasteiger partial charge in [-0.05, 0) is 47.6 Å². The maximum atomic E-state index is 12.4. The van der Waals surface area contributed by atoms with E-state index in [-0.39, 0.29) is 5.78 Å². The fourth-order valence-electron chi connectivity index (χ4n) is 2.84. The van der Waals surface area contributed by atoms with Crippen LogP contribution in [0.15, 0.2) is 18.2 Å². The van der Waals surface area contributed by atoms with Gasteiger partial charge in [-0.15, -0.1) is 0 Å². The molecule has 3 rings (SSSR count). The molecular weight excluding hydrogens is 279 g/mol. The van der Waals surface area contributed by atoms with Crippen molar-refractivity contribution in [1.29, 1.82) is 0 Å². The van der Waals surface area contributed by atoms with Gasteiger partial charge in [0.15, 0.2) is 5.78 Å². The lowest BCUT2D eigenvalue weighted by Crippen LogP contribution is -2.43. The van der Waals surface area contributed by atoms with Crippen molar-refractivity contribution in [2.24, 2.45) is 0 Å². The smallest absolute Gasteiger partial charge is 0.487 e. The lowest BCUT2D eigenvalue weighted by Gasteiger charge is -2.33. The van der Waals surface area contributed by atoms with Crippen molar-refractivity contribution in [3.63, 3.8) is 0 Å². The van der Waals surface area contributed by atoms with E-state index in [0.717, 1.165) is 5.46 Å². The molecule has 0 bridgehead atoms. The van der Waals surface area contributed by atoms with Crippen LogP contribution in [-0.2, 0) is 9.31 Å². The molecule has 4 nitrogen and oxygen atoms in total. The van der Waals surface area contributed by atoms with Gasteiger partial charge in [0.05, 0.1) is 23.2 Å². The number of ketones is 1. The second-order valence-electron chi connectivity index (χ2n) is 7.77. The van der Waals surface area contributed by atoms with E-state index in [2.05, 4.69) is 0 Å². The van der Waals surface area contributed by atoms with Crippen molar-refractivity contribution < 1.29 is 18.8 Å². The van der Waals surface area contributed by atoms with Gasteiger partial charge in [-0.25, -0.2) is 0 Å². The predicted molar refractivity (Wildman–Crippen MR) is 85.8 cm³/mol. The highest BCUT2D eigenvalue weighted by Gasteiger charge is 2.53. The van der Waals surface area contributed by atoms with Crippen molar-refractivity contribution in [3.05, 3.63) is 23.8 Å². The van der Waals surface area contributed by atoms with E-state index in [4.69, 9.17) is 14.0 Å². The maximum Gasteiger partial charge on any atom is 0.498 e. The zero-order chi connectivity index (χ0) is 16.3. The zero-order valence-electron chi connectivity index (χ0n) is 14.1. The van der Waals surface area contributed by atoms with Crippen LogP contribution >= 0.6 is 0 Å². The Labute approximate surface area is 132 Å². The van der Waals surface area contributed by atoms with Crippen LogP contribution in [0.1, 0.15) is 58.3 Å². The molecule has 0 unspecified atom stereocenters. The Morgan fingerprint density at radius 1 is 1.00 bits per heavy atom. The minimum Gasteiger partial charge on any atom is -0.487 e. The first-order chi connectivity index (χ1) is 10.0. The van der Waals surface area contributed by atoms with E-state index in [1.54, 1.807) is 0 Å². The lowest BCUT2D eigenvalue weighted by atomic mass is 9.75. The van der Waals surface area contributed by atoms with Gasteiger partial charge < -0.3 is 14.0 Å². The normalized spacial score (nSPS) is 24.8. The molecule has 0 radical (unpaired) electrons. The van der Waals surface area contributed by atoms with Crippen LogP contribution < -0.4 is 10.2 Å². The third-order valence-corrected chi connectivity index (χ3v) is 4.82. The van der Waals surface area contributed by atoms with E-state index >= 15 is 0 Å². The van der Waals surface area contributed by atoms with Crippen LogP contribution in [0.3, 0.4) is 0 Å². The van der Waals surface area contributed by atoms with Gasteiger partial charge in [-0.3, -0.25) is 4.79 Å². The number of hydrogen-bond donors (Lipinski definition) is 0. The molecule has 2 aliphatic heterocycles. The Morgan fingerprint density at radius 3 is 2.18 bits per heavy atom. The fraction of sp³-hybridized carbons (Fsp3) is 0.588. The minimum atomic E-state index is -0.526. The van der Waals surface area contributed by atoms with Crippen LogP contribution in [0.25, 0.3) is 0 Å². The van der Waals surface area contributed by atoms with Crippen LogP contribution in [0.5, 0.6) is 5.75 Å². The number of benzene rings is 1. The number of ether oxygens (including phenoxy) is 1. The fourth-order valence-corrected chi connectivity index (χ4v) is 2.84. The van der Waals surface area contributed by atoms with E-state index in [1.165, 1.54) is 0 Å². The van der Waals surface area contributed by atoms with E-state index in [9.17, 15) is 4.79 Å². The average molecular weight is 302 g/mol. The molecule has 0 amide bonds. The molecule has 0 N–H and O–H groups in total. The highest BCUT2D eigenvalue weighted by molar-refractivity contribution is 6.63. The van der Waals surface area contributed by atoms with Crippen LogP contribution in [0, 0.1) is 0 Å². The van der Waals surface area contributed by atoms with Crippen molar-refractivity contribution >= 4 is 18.4 Å². The van der Waals surface area contributed by atoms with Gasteiger partial charge in [-0.1, -0.05) is 12.1 Å². The zero-order valence-corrected chi connectivity index (χ0v) is 14.1. The number of rotatable bonds is 1. The Balaban J connectivity index is 2.04. The van der Waals surface area contributed by atoms with Crippen molar-refractivity contribution in [2.45, 2.75) is 64.8 Å². The second kappa shape index (κ2) is 4.59. The quantitative estimate of drug-likeness (QED) is 0.748. The van der Waals surface area contributed by atoms with Gasteiger partial charge in [-0.2, -0.15) is 0 Å². The number of carbonyl (C=O) groups excluding carboxylic acids is 1. The summed E-state index contributed by atoms with van der Waals surface area (Å²) < 4.78 is 18.3. The van der Waals surface area contributed by atoms with Crippen molar-refractivity contribution in [2.75, 3.05) is 0 Å². The number of para-hydroxylation sites is 1. The maximum absolute atomic E-state index is 12.4. The van der Waals surface area contributed by atoms with Gasteiger partial charge in [0.1, 0.15) is 11.4 Å². The summed E-state index contributed by atoms with van der Waals surface area (Å²) in [6, 6.07) is 5.58. The van der Waals surface area contributed by atoms with E-state index in [1.807, 2.05) is 59.7 Å². The molecule has 5 heteroatoms. The molecule has 1 aromatic carbocycles. The third-order valence-electron chi connectivity index (χ3n) is 4.82. The van der Waals surface area contributed by atoms with E-state index in [0.29, 0.717) is 17.7 Å². The van der Waals surface area contributed by atoms with Gasteiger partial charge in [0, 0.05) is 5.46 Å². The third kappa shape index (κ3) is 2.36. The molecule has 118 valence electrons. The molecular formula is C17H23BO4. The highest BCUT2D eigenvalue weighted by Crippen LogP contribution is 2.39. The van der Waals surface area contributed by atoms with Crippen molar-refractivity contribution in [3.8, 4) is 5.75 Å². The molecule has 0 saturated carbocycles. The summed E-state index contributed by atoms with van der Waals surface area (Å²) >= 11 is 0. The number of Topliss-reactive ketones (excluding diaryl/α,β-unsaturated/α-hetero) is 1. The molecule has 0 aliphatic carbocycles. The van der Waals surface area contributed by atoms with Crippen LogP contribution in [-0.4, -0.2) is 29.7 Å². The van der Waals surface area contributed by atoms with Gasteiger partial charge in [0.2, 0.25) is 0 Å². The van der Waals surface area contributed by atoms with Gasteiger partial charge in [0.25, 0.3) is 0 Å². The standard InChI is InChI=1S/C17H23BO4/c1-15(2)10-13(19)11-8-7-9-12(14(11)20-15)18-21-16(3,4)17(5,6)22-18/h7-9H,10H2,1-6H3. The first-order valence-electron chi connectivity index (χ1n) is 7.73. The largest absolute Gasteiger partial charge is 0.498 e. The number of carbonyl (C=O) groups is 1. The molecule has 2 heterocycles. The van der Waals surface area contributed by atoms with Crippen LogP contribution in [0.2, 0.25) is 0 Å². The topological polar surface area (TPSA) is 44.8 Å². The first-order valence-corrected chi connectivity index (χ1v) is 7.73. The Kier molecular flexibility index (Phi) is 3.25. The van der Waals surface area contributed by atoms with E-state index < -0.39 is 23.9 Å². The molecule has 2 aliphatic rings. The summed E-state index contributed by atoms with van der Waals surface area (Å²) in [4.78, 5) is 12.4. The summed E-state index contributed by atoms with van der Waals surface area (Å²) in [7, 11) is -0.526. The SMILES string of the molecule is CC1(C)CC(=O)c2cccc(B3OC(C)(C)C(C)(C)O3)c2O1. The Bertz CT molecular complexity index is 618. The lowest BCUT2D eigenvalue weighted by molar-refractivity contribution is 0.00578. The highest BCUT2D eigenvalue weighted by atomic mass is 16.7. The summed E-state index contributed by atoms with van der Waals surface area (Å²) in [6.07, 6.45) is 0.382. The number of hydrogen-bond acceptors (Lipinski definition) is 4. The second-order valence-corrected chi connectivity index (χ2v) is 7.77. The molecule has 1 fully saturated rings. The Hall–Kier alpha value is -1.33. The molecule has 0 aromatic heterocycles. The number of fused-ring (bicyclic) bond motifs is 1. The Morgan fingerprint density at radius 2 is 1.59 bits per heavy atom. The molecule has 22 heavy (non-hydrogen) atoms. The average Bonchev–Trinajstić information content (AvgIpc) is 2.56. The van der Waals surface area contributed by atoms with Gasteiger partial charge >= 0.3 is 7.12 Å². The molecule has 0 spiro atoms. The molecule has 0 atom stereocenters. The predicted octanol–water partition coefficient (Wildman–Crippen LogP) is 2.73. The molecule has 1 aromatic rings. The minimum absolute atomic E-state index is 0.101. The summed E-state index contributed by atoms with van der Waals surface area (Å²) in [5, 5.41) is 0. The monoisotopic (exact) mass is 302 g/mol. The summed E-state index contributed by atoms with van der Waals surface area (Å²) in [5.74, 6) is 0.701. The summed E-state index contributed by atoms with van der Waals surface area (Å²) in [6.45, 7) is 11.9.